The number of piperidine rings is 1. The van der Waals surface area contributed by atoms with Crippen molar-refractivity contribution in [2.75, 3.05) is 24.5 Å². The minimum atomic E-state index is -4.30. The van der Waals surface area contributed by atoms with Gasteiger partial charge in [0, 0.05) is 24.8 Å². The van der Waals surface area contributed by atoms with Crippen LogP contribution in [0.15, 0.2) is 24.3 Å². The Morgan fingerprint density at radius 2 is 2.00 bits per heavy atom. The number of anilines is 1. The maximum Gasteiger partial charge on any atom is 0.418 e. The lowest BCUT2D eigenvalue weighted by Crippen LogP contribution is -2.44. The normalized spacial score (nSPS) is 19.5. The molecule has 0 aliphatic carbocycles. The zero-order valence-electron chi connectivity index (χ0n) is 12.4. The second-order valence-corrected chi connectivity index (χ2v) is 5.61. The van der Waals surface area contributed by atoms with E-state index in [0.717, 1.165) is 32.2 Å². The summed E-state index contributed by atoms with van der Waals surface area (Å²) >= 11 is 0. The van der Waals surface area contributed by atoms with E-state index in [-0.39, 0.29) is 6.04 Å². The van der Waals surface area contributed by atoms with Gasteiger partial charge in [-0.15, -0.1) is 0 Å². The van der Waals surface area contributed by atoms with E-state index in [0.29, 0.717) is 18.8 Å². The standard InChI is InChI=1S/C16H23F3N2/c1-2-11-21(12-13-7-5-6-10-20-13)15-9-4-3-8-14(15)16(17,18)19/h3-4,8-9,13,20H,2,5-7,10-12H2,1H3. The molecule has 1 atom stereocenters. The Kier molecular flexibility index (Phi) is 5.51. The van der Waals surface area contributed by atoms with E-state index in [9.17, 15) is 13.2 Å². The predicted octanol–water partition coefficient (Wildman–Crippen LogP) is 4.06. The van der Waals surface area contributed by atoms with Gasteiger partial charge < -0.3 is 10.2 Å². The second kappa shape index (κ2) is 7.16. The molecule has 1 aromatic carbocycles. The molecular weight excluding hydrogens is 277 g/mol. The summed E-state index contributed by atoms with van der Waals surface area (Å²) in [5.41, 5.74) is -0.228. The predicted molar refractivity (Wildman–Crippen MR) is 79.6 cm³/mol. The molecule has 1 aliphatic heterocycles. The molecule has 21 heavy (non-hydrogen) atoms. The highest BCUT2D eigenvalue weighted by Crippen LogP contribution is 2.36. The number of hydrogen-bond donors (Lipinski definition) is 1. The minimum absolute atomic E-state index is 0.284. The third-order valence-electron chi connectivity index (χ3n) is 3.90. The van der Waals surface area contributed by atoms with Crippen molar-refractivity contribution in [3.63, 3.8) is 0 Å². The molecule has 5 heteroatoms. The van der Waals surface area contributed by atoms with Gasteiger partial charge in [-0.25, -0.2) is 0 Å². The van der Waals surface area contributed by atoms with Crippen LogP contribution in [0.4, 0.5) is 18.9 Å². The molecule has 1 fully saturated rings. The van der Waals surface area contributed by atoms with Crippen LogP contribution in [0.1, 0.15) is 38.2 Å². The molecule has 1 aliphatic rings. The van der Waals surface area contributed by atoms with Gasteiger partial charge in [0.25, 0.3) is 0 Å². The second-order valence-electron chi connectivity index (χ2n) is 5.61. The molecule has 0 saturated carbocycles. The van der Waals surface area contributed by atoms with Gasteiger partial charge >= 0.3 is 6.18 Å². The molecule has 2 nitrogen and oxygen atoms in total. The summed E-state index contributed by atoms with van der Waals surface area (Å²) in [6.45, 7) is 4.25. The first kappa shape index (κ1) is 16.1. The fraction of sp³-hybridized carbons (Fsp3) is 0.625. The van der Waals surface area contributed by atoms with E-state index < -0.39 is 11.7 Å². The molecule has 0 spiro atoms. The third-order valence-corrected chi connectivity index (χ3v) is 3.90. The van der Waals surface area contributed by atoms with E-state index in [1.165, 1.54) is 12.1 Å². The zero-order chi connectivity index (χ0) is 15.3. The minimum Gasteiger partial charge on any atom is -0.369 e. The van der Waals surface area contributed by atoms with Gasteiger partial charge in [0.2, 0.25) is 0 Å². The molecular formula is C16H23F3N2. The zero-order valence-corrected chi connectivity index (χ0v) is 12.4. The Bertz CT molecular complexity index is 439. The Morgan fingerprint density at radius 1 is 1.24 bits per heavy atom. The molecule has 0 aromatic heterocycles. The van der Waals surface area contributed by atoms with E-state index in [1.807, 2.05) is 11.8 Å². The lowest BCUT2D eigenvalue weighted by atomic mass is 10.0. The summed E-state index contributed by atoms with van der Waals surface area (Å²) in [7, 11) is 0. The van der Waals surface area contributed by atoms with E-state index in [2.05, 4.69) is 5.32 Å². The average Bonchev–Trinajstić information content (AvgIpc) is 2.47. The van der Waals surface area contributed by atoms with Gasteiger partial charge in [-0.05, 0) is 37.9 Å². The van der Waals surface area contributed by atoms with Crippen molar-refractivity contribution in [3.05, 3.63) is 29.8 Å². The van der Waals surface area contributed by atoms with Crippen molar-refractivity contribution in [2.24, 2.45) is 0 Å². The van der Waals surface area contributed by atoms with Crippen LogP contribution in [0.2, 0.25) is 0 Å². The Labute approximate surface area is 124 Å². The van der Waals surface area contributed by atoms with Crippen molar-refractivity contribution >= 4 is 5.69 Å². The third kappa shape index (κ3) is 4.37. The van der Waals surface area contributed by atoms with Crippen molar-refractivity contribution in [1.29, 1.82) is 0 Å². The van der Waals surface area contributed by atoms with Crippen molar-refractivity contribution < 1.29 is 13.2 Å². The van der Waals surface area contributed by atoms with Crippen LogP contribution in [0.5, 0.6) is 0 Å². The maximum absolute atomic E-state index is 13.2. The smallest absolute Gasteiger partial charge is 0.369 e. The maximum atomic E-state index is 13.2. The fourth-order valence-electron chi connectivity index (χ4n) is 2.91. The lowest BCUT2D eigenvalue weighted by Gasteiger charge is -2.33. The first-order chi connectivity index (χ1) is 10.0. The summed E-state index contributed by atoms with van der Waals surface area (Å²) in [6, 6.07) is 6.18. The van der Waals surface area contributed by atoms with E-state index >= 15 is 0 Å². The van der Waals surface area contributed by atoms with E-state index in [1.54, 1.807) is 12.1 Å². The van der Waals surface area contributed by atoms with Gasteiger partial charge in [0.1, 0.15) is 0 Å². The quantitative estimate of drug-likeness (QED) is 0.882. The van der Waals surface area contributed by atoms with Gasteiger partial charge in [0.15, 0.2) is 0 Å². The van der Waals surface area contributed by atoms with Crippen molar-refractivity contribution in [3.8, 4) is 0 Å². The Balaban J connectivity index is 2.21. The van der Waals surface area contributed by atoms with Crippen LogP contribution < -0.4 is 10.2 Å². The summed E-state index contributed by atoms with van der Waals surface area (Å²) < 4.78 is 39.6. The van der Waals surface area contributed by atoms with Crippen LogP contribution in [0.3, 0.4) is 0 Å². The Morgan fingerprint density at radius 3 is 2.62 bits per heavy atom. The largest absolute Gasteiger partial charge is 0.418 e. The molecule has 0 radical (unpaired) electrons. The molecule has 1 heterocycles. The van der Waals surface area contributed by atoms with Crippen LogP contribution in [-0.4, -0.2) is 25.7 Å². The van der Waals surface area contributed by atoms with Gasteiger partial charge in [-0.1, -0.05) is 25.5 Å². The number of nitrogens with one attached hydrogen (secondary N) is 1. The summed E-state index contributed by atoms with van der Waals surface area (Å²) in [5.74, 6) is 0. The van der Waals surface area contributed by atoms with Gasteiger partial charge in [-0.3, -0.25) is 0 Å². The number of nitrogens with zero attached hydrogens (tertiary/aromatic N) is 1. The molecule has 1 aromatic rings. The van der Waals surface area contributed by atoms with Gasteiger partial charge in [-0.2, -0.15) is 13.2 Å². The van der Waals surface area contributed by atoms with Crippen LogP contribution in [-0.2, 0) is 6.18 Å². The molecule has 1 unspecified atom stereocenters. The van der Waals surface area contributed by atoms with Crippen molar-refractivity contribution in [2.45, 2.75) is 44.8 Å². The highest BCUT2D eigenvalue weighted by Gasteiger charge is 2.34. The first-order valence-electron chi connectivity index (χ1n) is 7.67. The van der Waals surface area contributed by atoms with Crippen LogP contribution in [0.25, 0.3) is 0 Å². The topological polar surface area (TPSA) is 15.3 Å². The number of halogens is 3. The molecule has 1 saturated heterocycles. The van der Waals surface area contributed by atoms with Crippen molar-refractivity contribution in [1.82, 2.24) is 5.32 Å². The monoisotopic (exact) mass is 300 g/mol. The summed E-state index contributed by atoms with van der Waals surface area (Å²) in [6.07, 6.45) is -0.127. The number of hydrogen-bond acceptors (Lipinski definition) is 2. The number of alkyl halides is 3. The number of benzene rings is 1. The highest BCUT2D eigenvalue weighted by atomic mass is 19.4. The molecule has 1 N–H and O–H groups in total. The first-order valence-corrected chi connectivity index (χ1v) is 7.67. The fourth-order valence-corrected chi connectivity index (χ4v) is 2.91. The molecule has 0 amide bonds. The highest BCUT2D eigenvalue weighted by molar-refractivity contribution is 5.55. The summed E-state index contributed by atoms with van der Waals surface area (Å²) in [4.78, 5) is 1.88. The molecule has 2 rings (SSSR count). The molecule has 0 bridgehead atoms. The summed E-state index contributed by atoms with van der Waals surface area (Å²) in [5, 5.41) is 3.41. The molecule has 118 valence electrons. The Hall–Kier alpha value is -1.23. The average molecular weight is 300 g/mol. The number of rotatable bonds is 5. The SMILES string of the molecule is CCCN(CC1CCCCN1)c1ccccc1C(F)(F)F. The lowest BCUT2D eigenvalue weighted by molar-refractivity contribution is -0.137. The van der Waals surface area contributed by atoms with Crippen LogP contribution in [0, 0.1) is 0 Å². The van der Waals surface area contributed by atoms with E-state index in [4.69, 9.17) is 0 Å². The number of para-hydroxylation sites is 1. The van der Waals surface area contributed by atoms with Crippen LogP contribution >= 0.6 is 0 Å². The van der Waals surface area contributed by atoms with Gasteiger partial charge in [0.05, 0.1) is 5.56 Å².